The Morgan fingerprint density at radius 1 is 1.33 bits per heavy atom. The van der Waals surface area contributed by atoms with E-state index in [2.05, 4.69) is 39.9 Å². The Morgan fingerprint density at radius 2 is 2.00 bits per heavy atom. The summed E-state index contributed by atoms with van der Waals surface area (Å²) in [6.07, 6.45) is 4.26. The molecule has 4 atom stereocenters. The maximum atomic E-state index is 12.8. The second-order valence-electron chi connectivity index (χ2n) is 7.98. The lowest BCUT2D eigenvalue weighted by molar-refractivity contribution is -0.225. The van der Waals surface area contributed by atoms with Crippen LogP contribution in [0.3, 0.4) is 0 Å². The van der Waals surface area contributed by atoms with E-state index in [1.165, 1.54) is 0 Å². The molecule has 0 aromatic carbocycles. The zero-order valence-electron chi connectivity index (χ0n) is 14.2. The molecule has 1 amide bonds. The van der Waals surface area contributed by atoms with Gasteiger partial charge >= 0.3 is 0 Å². The minimum absolute atomic E-state index is 0.00973. The van der Waals surface area contributed by atoms with Crippen LogP contribution in [0.25, 0.3) is 0 Å². The molecule has 2 rings (SSSR count). The zero-order chi connectivity index (χ0) is 15.8. The predicted octanol–water partition coefficient (Wildman–Crippen LogP) is 2.46. The number of carbonyl (C=O) groups is 1. The predicted molar refractivity (Wildman–Crippen MR) is 84.8 cm³/mol. The number of nitrogens with two attached hydrogens (primary N) is 1. The number of hydrogen-bond acceptors (Lipinski definition) is 3. The molecular weight excluding hydrogens is 264 g/mol. The van der Waals surface area contributed by atoms with Crippen LogP contribution in [0.1, 0.15) is 60.3 Å². The lowest BCUT2D eigenvalue weighted by atomic mass is 9.46. The van der Waals surface area contributed by atoms with Crippen LogP contribution >= 0.6 is 0 Å². The Morgan fingerprint density at radius 3 is 2.62 bits per heavy atom. The van der Waals surface area contributed by atoms with Crippen molar-refractivity contribution in [3.63, 3.8) is 0 Å². The van der Waals surface area contributed by atoms with E-state index in [1.54, 1.807) is 0 Å². The van der Waals surface area contributed by atoms with Gasteiger partial charge in [0.2, 0.25) is 5.91 Å². The van der Waals surface area contributed by atoms with Gasteiger partial charge in [-0.05, 0) is 38.5 Å². The molecule has 3 N–H and O–H groups in total. The summed E-state index contributed by atoms with van der Waals surface area (Å²) in [5.41, 5.74) is 5.51. The Bertz CT molecular complexity index is 394. The van der Waals surface area contributed by atoms with E-state index in [-0.39, 0.29) is 29.4 Å². The van der Waals surface area contributed by atoms with E-state index in [0.717, 1.165) is 32.3 Å². The van der Waals surface area contributed by atoms with Crippen LogP contribution in [0, 0.1) is 17.3 Å². The monoisotopic (exact) mass is 296 g/mol. The summed E-state index contributed by atoms with van der Waals surface area (Å²) < 4.78 is 5.86. The van der Waals surface area contributed by atoms with Gasteiger partial charge in [-0.1, -0.05) is 27.7 Å². The lowest BCUT2D eigenvalue weighted by Gasteiger charge is -2.65. The van der Waals surface area contributed by atoms with Crippen molar-refractivity contribution in [2.24, 2.45) is 23.0 Å². The first-order valence-electron chi connectivity index (χ1n) is 8.42. The van der Waals surface area contributed by atoms with Gasteiger partial charge < -0.3 is 15.8 Å². The molecule has 21 heavy (non-hydrogen) atoms. The topological polar surface area (TPSA) is 64.4 Å². The second-order valence-corrected chi connectivity index (χ2v) is 7.98. The van der Waals surface area contributed by atoms with Crippen molar-refractivity contribution in [1.29, 1.82) is 0 Å². The number of amides is 1. The summed E-state index contributed by atoms with van der Waals surface area (Å²) in [7, 11) is 0. The van der Waals surface area contributed by atoms with Gasteiger partial charge in [-0.3, -0.25) is 4.79 Å². The number of rotatable bonds is 5. The van der Waals surface area contributed by atoms with Gasteiger partial charge in [0.25, 0.3) is 0 Å². The summed E-state index contributed by atoms with van der Waals surface area (Å²) in [5, 5.41) is 3.15. The molecule has 0 radical (unpaired) electrons. The second kappa shape index (κ2) is 5.88. The summed E-state index contributed by atoms with van der Waals surface area (Å²) in [4.78, 5) is 12.8. The van der Waals surface area contributed by atoms with Gasteiger partial charge in [0.15, 0.2) is 0 Å². The van der Waals surface area contributed by atoms with Crippen LogP contribution in [0.15, 0.2) is 0 Å². The first-order chi connectivity index (χ1) is 9.71. The maximum absolute atomic E-state index is 12.8. The molecule has 2 fully saturated rings. The van der Waals surface area contributed by atoms with Gasteiger partial charge in [0.1, 0.15) is 5.54 Å². The molecular formula is C17H32N2O2. The Balaban J connectivity index is 2.00. The Labute approximate surface area is 129 Å². The molecule has 1 saturated heterocycles. The van der Waals surface area contributed by atoms with Crippen molar-refractivity contribution < 1.29 is 9.53 Å². The fraction of sp³-hybridized carbons (Fsp3) is 0.941. The van der Waals surface area contributed by atoms with Gasteiger partial charge in [-0.2, -0.15) is 0 Å². The standard InChI is InChI=1S/C17H32N2O2/c1-11(2)8-9-12(3)19-15(20)17(18)13-7-6-10-21-14(13)16(17,4)5/h11-14H,6-10,18H2,1-5H3,(H,19,20). The normalized spacial score (nSPS) is 35.8. The van der Waals surface area contributed by atoms with E-state index < -0.39 is 5.54 Å². The van der Waals surface area contributed by atoms with E-state index in [0.29, 0.717) is 5.92 Å². The first kappa shape index (κ1) is 16.8. The van der Waals surface area contributed by atoms with Gasteiger partial charge in [-0.15, -0.1) is 0 Å². The highest BCUT2D eigenvalue weighted by atomic mass is 16.5. The van der Waals surface area contributed by atoms with Crippen LogP contribution in [0.4, 0.5) is 0 Å². The van der Waals surface area contributed by atoms with Crippen molar-refractivity contribution in [2.45, 2.75) is 78.0 Å². The molecule has 0 aromatic rings. The molecule has 0 bridgehead atoms. The fourth-order valence-corrected chi connectivity index (χ4v) is 4.04. The third kappa shape index (κ3) is 2.72. The number of hydrogen-bond donors (Lipinski definition) is 2. The summed E-state index contributed by atoms with van der Waals surface area (Å²) in [6.45, 7) is 11.4. The Kier molecular flexibility index (Phi) is 4.69. The largest absolute Gasteiger partial charge is 0.377 e. The van der Waals surface area contributed by atoms with E-state index >= 15 is 0 Å². The van der Waals surface area contributed by atoms with Crippen molar-refractivity contribution in [2.75, 3.05) is 6.61 Å². The fourth-order valence-electron chi connectivity index (χ4n) is 4.04. The van der Waals surface area contributed by atoms with Crippen molar-refractivity contribution >= 4 is 5.91 Å². The minimum Gasteiger partial charge on any atom is -0.377 e. The smallest absolute Gasteiger partial charge is 0.241 e. The molecule has 2 aliphatic rings. The van der Waals surface area contributed by atoms with E-state index in [1.807, 2.05) is 0 Å². The van der Waals surface area contributed by atoms with Gasteiger partial charge in [-0.25, -0.2) is 0 Å². The average Bonchev–Trinajstić information content (AvgIpc) is 2.44. The van der Waals surface area contributed by atoms with Crippen LogP contribution < -0.4 is 11.1 Å². The minimum atomic E-state index is -0.788. The molecule has 0 spiro atoms. The molecule has 1 heterocycles. The summed E-state index contributed by atoms with van der Waals surface area (Å²) in [5.74, 6) is 0.835. The highest BCUT2D eigenvalue weighted by Crippen LogP contribution is 2.57. The van der Waals surface area contributed by atoms with Gasteiger partial charge in [0, 0.05) is 24.0 Å². The van der Waals surface area contributed by atoms with Crippen LogP contribution in [-0.2, 0) is 9.53 Å². The van der Waals surface area contributed by atoms with Crippen LogP contribution in [-0.4, -0.2) is 30.2 Å². The highest BCUT2D eigenvalue weighted by molar-refractivity contribution is 5.89. The third-order valence-corrected chi connectivity index (χ3v) is 5.61. The SMILES string of the molecule is CC(C)CCC(C)NC(=O)C1(N)C2CCCOC2C1(C)C. The third-order valence-electron chi connectivity index (χ3n) is 5.61. The summed E-state index contributed by atoms with van der Waals surface area (Å²) in [6, 6.07) is 0.180. The molecule has 0 aromatic heterocycles. The maximum Gasteiger partial charge on any atom is 0.241 e. The van der Waals surface area contributed by atoms with E-state index in [9.17, 15) is 4.79 Å². The number of ether oxygens (including phenoxy) is 1. The quantitative estimate of drug-likeness (QED) is 0.819. The zero-order valence-corrected chi connectivity index (χ0v) is 14.2. The summed E-state index contributed by atoms with van der Waals surface area (Å²) >= 11 is 0. The van der Waals surface area contributed by atoms with Crippen molar-refractivity contribution in [3.8, 4) is 0 Å². The molecule has 4 unspecified atom stereocenters. The lowest BCUT2D eigenvalue weighted by Crippen LogP contribution is -2.82. The van der Waals surface area contributed by atoms with Crippen molar-refractivity contribution in [1.82, 2.24) is 5.32 Å². The average molecular weight is 296 g/mol. The van der Waals surface area contributed by atoms with E-state index in [4.69, 9.17) is 10.5 Å². The van der Waals surface area contributed by atoms with Crippen molar-refractivity contribution in [3.05, 3.63) is 0 Å². The number of carbonyl (C=O) groups excluding carboxylic acids is 1. The van der Waals surface area contributed by atoms with Crippen LogP contribution in [0.5, 0.6) is 0 Å². The molecule has 4 nitrogen and oxygen atoms in total. The number of nitrogens with one attached hydrogen (secondary N) is 1. The van der Waals surface area contributed by atoms with Gasteiger partial charge in [0.05, 0.1) is 6.10 Å². The molecule has 1 aliphatic heterocycles. The Hall–Kier alpha value is -0.610. The van der Waals surface area contributed by atoms with Crippen LogP contribution in [0.2, 0.25) is 0 Å². The molecule has 1 saturated carbocycles. The molecule has 1 aliphatic carbocycles. The highest BCUT2D eigenvalue weighted by Gasteiger charge is 2.70. The molecule has 122 valence electrons. The molecule has 4 heteroatoms. The number of fused-ring (bicyclic) bond motifs is 1. The first-order valence-corrected chi connectivity index (χ1v) is 8.42.